The maximum absolute atomic E-state index is 14.5. The number of ether oxygens (including phenoxy) is 2. The smallest absolute Gasteiger partial charge is 0.305 e. The van der Waals surface area contributed by atoms with Gasteiger partial charge >= 0.3 is 5.97 Å². The molecule has 2 aromatic rings. The van der Waals surface area contributed by atoms with E-state index in [1.165, 1.54) is 16.2 Å². The number of hydrogen-bond acceptors (Lipinski definition) is 9. The van der Waals surface area contributed by atoms with E-state index < -0.39 is 47.0 Å². The number of carbonyl (C=O) groups is 4. The number of benzene rings is 1. The second-order valence-electron chi connectivity index (χ2n) is 12.7. The molecular weight excluding hydrogens is 603 g/mol. The Morgan fingerprint density at radius 2 is 1.98 bits per heavy atom. The fourth-order valence-corrected chi connectivity index (χ4v) is 6.01. The topological polar surface area (TPSA) is 147 Å². The molecule has 4 rings (SSSR count). The highest BCUT2D eigenvalue weighted by atomic mass is 32.1. The molecule has 1 aliphatic carbocycles. The molecular formula is C32H43FN4O7S. The summed E-state index contributed by atoms with van der Waals surface area (Å²) >= 11 is 1.50. The third kappa shape index (κ3) is 8.57. The van der Waals surface area contributed by atoms with Crippen molar-refractivity contribution in [2.45, 2.75) is 97.1 Å². The van der Waals surface area contributed by atoms with Gasteiger partial charge in [-0.2, -0.15) is 0 Å². The monoisotopic (exact) mass is 646 g/mol. The number of amides is 3. The Balaban J connectivity index is 1.47. The van der Waals surface area contributed by atoms with Gasteiger partial charge in [0.1, 0.15) is 17.8 Å². The highest BCUT2D eigenvalue weighted by molar-refractivity contribution is 7.13. The quantitative estimate of drug-likeness (QED) is 0.222. The van der Waals surface area contributed by atoms with Crippen LogP contribution in [0.4, 0.5) is 4.39 Å². The Labute approximate surface area is 266 Å². The number of halogens is 1. The fourth-order valence-electron chi connectivity index (χ4n) is 5.20. The minimum atomic E-state index is -1.96. The predicted molar refractivity (Wildman–Crippen MR) is 166 cm³/mol. The van der Waals surface area contributed by atoms with Crippen molar-refractivity contribution in [1.29, 1.82) is 0 Å². The number of aryl methyl sites for hydroxylation is 1. The minimum Gasteiger partial charge on any atom is -0.493 e. The lowest BCUT2D eigenvalue weighted by atomic mass is 9.85. The first-order valence-electron chi connectivity index (χ1n) is 15.3. The van der Waals surface area contributed by atoms with Crippen LogP contribution in [0.3, 0.4) is 0 Å². The Bertz CT molecular complexity index is 1400. The number of thiazole rings is 1. The molecule has 2 aliphatic rings. The molecule has 2 fully saturated rings. The lowest BCUT2D eigenvalue weighted by Crippen LogP contribution is -2.59. The van der Waals surface area contributed by atoms with Crippen LogP contribution in [0, 0.1) is 12.3 Å². The highest BCUT2D eigenvalue weighted by Gasteiger charge is 2.53. The summed E-state index contributed by atoms with van der Waals surface area (Å²) in [7, 11) is 0. The highest BCUT2D eigenvalue weighted by Crippen LogP contribution is 2.40. The van der Waals surface area contributed by atoms with E-state index in [2.05, 4.69) is 15.6 Å². The molecule has 1 aliphatic heterocycles. The van der Waals surface area contributed by atoms with Crippen molar-refractivity contribution >= 4 is 35.0 Å². The molecule has 1 aromatic carbocycles. The molecule has 1 saturated carbocycles. The average Bonchev–Trinajstić information content (AvgIpc) is 3.39. The Hall–Kier alpha value is -3.58. The molecule has 0 spiro atoms. The van der Waals surface area contributed by atoms with Gasteiger partial charge in [-0.15, -0.1) is 11.3 Å². The van der Waals surface area contributed by atoms with Crippen molar-refractivity contribution in [3.63, 3.8) is 0 Å². The summed E-state index contributed by atoms with van der Waals surface area (Å²) in [5.41, 5.74) is 1.49. The van der Waals surface area contributed by atoms with Crippen molar-refractivity contribution in [3.05, 3.63) is 35.0 Å². The number of nitrogens with zero attached hydrogens (tertiary/aromatic N) is 2. The Kier molecular flexibility index (Phi) is 10.9. The van der Waals surface area contributed by atoms with Gasteiger partial charge in [0, 0.05) is 31.5 Å². The van der Waals surface area contributed by atoms with Gasteiger partial charge < -0.3 is 30.1 Å². The van der Waals surface area contributed by atoms with E-state index in [-0.39, 0.29) is 51.3 Å². The van der Waals surface area contributed by atoms with Crippen molar-refractivity contribution in [2.75, 3.05) is 19.8 Å². The number of nitrogens with one attached hydrogen (secondary N) is 2. The molecule has 45 heavy (non-hydrogen) atoms. The van der Waals surface area contributed by atoms with Crippen LogP contribution >= 0.6 is 11.3 Å². The molecule has 13 heteroatoms. The number of β-amino-alcohol motifs (C(OH)–C–C–N with tert-alkyl or cyclic N) is 1. The second kappa shape index (κ2) is 14.2. The lowest BCUT2D eigenvalue weighted by Gasteiger charge is -2.35. The zero-order chi connectivity index (χ0) is 32.9. The van der Waals surface area contributed by atoms with Gasteiger partial charge in [-0.25, -0.2) is 9.37 Å². The fraction of sp³-hybridized carbons (Fsp3) is 0.594. The first-order chi connectivity index (χ1) is 21.2. The van der Waals surface area contributed by atoms with E-state index in [1.54, 1.807) is 33.2 Å². The first-order valence-corrected chi connectivity index (χ1v) is 16.2. The Morgan fingerprint density at radius 1 is 1.24 bits per heavy atom. The largest absolute Gasteiger partial charge is 0.493 e. The van der Waals surface area contributed by atoms with Crippen LogP contribution in [0.15, 0.2) is 23.7 Å². The summed E-state index contributed by atoms with van der Waals surface area (Å²) in [6.07, 6.45) is -0.0314. The van der Waals surface area contributed by atoms with Crippen molar-refractivity contribution < 1.29 is 38.1 Å². The number of likely N-dealkylation sites (tertiary alicyclic amines) is 1. The summed E-state index contributed by atoms with van der Waals surface area (Å²) in [6, 6.07) is 3.56. The third-order valence-corrected chi connectivity index (χ3v) is 8.94. The maximum Gasteiger partial charge on any atom is 0.305 e. The molecule has 1 aromatic heterocycles. The second-order valence-corrected chi connectivity index (χ2v) is 13.6. The van der Waals surface area contributed by atoms with Crippen LogP contribution in [0.2, 0.25) is 0 Å². The van der Waals surface area contributed by atoms with Gasteiger partial charge in [0.25, 0.3) is 5.91 Å². The number of rotatable bonds is 13. The first kappa shape index (κ1) is 34.3. The number of carbonyl (C=O) groups excluding carboxylic acids is 4. The molecule has 2 heterocycles. The minimum absolute atomic E-state index is 0.0240. The zero-order valence-corrected chi connectivity index (χ0v) is 27.3. The molecule has 3 amide bonds. The normalized spacial score (nSPS) is 19.5. The molecule has 3 N–H and O–H groups in total. The number of alkyl halides is 1. The van der Waals surface area contributed by atoms with Crippen LogP contribution < -0.4 is 15.4 Å². The van der Waals surface area contributed by atoms with Gasteiger partial charge in [-0.3, -0.25) is 19.2 Å². The van der Waals surface area contributed by atoms with Crippen molar-refractivity contribution in [1.82, 2.24) is 20.5 Å². The van der Waals surface area contributed by atoms with Crippen LogP contribution in [0.25, 0.3) is 10.4 Å². The molecule has 0 radical (unpaired) electrons. The van der Waals surface area contributed by atoms with E-state index >= 15 is 0 Å². The standard InChI is InChI=1S/C32H43FN4O7S/c1-6-43-25(39)8-7-13-44-24-14-20(26-19(2)35-18-45-26)9-10-21(24)16-34-28(40)23-15-22(38)17-37(23)29(41)27(31(3,4)5)36-30(42)32(33)11-12-32/h9-10,14,18,22-23,27,38H,6-8,11-13,15-17H2,1-5H3,(H,34,40)(H,36,42)/t22-,23+,27-/m1/s1. The molecule has 0 bridgehead atoms. The number of aliphatic hydroxyl groups is 1. The van der Waals surface area contributed by atoms with Crippen LogP contribution in [0.1, 0.15) is 71.1 Å². The summed E-state index contributed by atoms with van der Waals surface area (Å²) in [5.74, 6) is -1.63. The maximum atomic E-state index is 14.5. The lowest BCUT2D eigenvalue weighted by molar-refractivity contribution is -0.145. The number of hydrogen-bond donors (Lipinski definition) is 3. The van der Waals surface area contributed by atoms with Crippen molar-refractivity contribution in [2.24, 2.45) is 5.41 Å². The van der Waals surface area contributed by atoms with Gasteiger partial charge in [0.2, 0.25) is 11.8 Å². The van der Waals surface area contributed by atoms with Crippen molar-refractivity contribution in [3.8, 4) is 16.2 Å². The van der Waals surface area contributed by atoms with E-state index in [1.807, 2.05) is 25.1 Å². The predicted octanol–water partition coefficient (Wildman–Crippen LogP) is 3.45. The molecule has 246 valence electrons. The van der Waals surface area contributed by atoms with E-state index in [4.69, 9.17) is 9.47 Å². The molecule has 3 atom stereocenters. The van der Waals surface area contributed by atoms with E-state index in [9.17, 15) is 28.7 Å². The third-order valence-electron chi connectivity index (χ3n) is 7.97. The summed E-state index contributed by atoms with van der Waals surface area (Å²) in [5, 5.41) is 15.9. The summed E-state index contributed by atoms with van der Waals surface area (Å²) in [6.45, 7) is 9.47. The van der Waals surface area contributed by atoms with E-state index in [0.717, 1.165) is 16.1 Å². The summed E-state index contributed by atoms with van der Waals surface area (Å²) in [4.78, 5) is 58.1. The van der Waals surface area contributed by atoms with E-state index in [0.29, 0.717) is 24.3 Å². The van der Waals surface area contributed by atoms with Crippen LogP contribution in [-0.4, -0.2) is 82.3 Å². The number of aliphatic hydroxyl groups excluding tert-OH is 1. The molecule has 0 unspecified atom stereocenters. The zero-order valence-electron chi connectivity index (χ0n) is 26.5. The SMILES string of the molecule is CCOC(=O)CCCOc1cc(-c2scnc2C)ccc1CNC(=O)[C@@H]1C[C@@H](O)CN1C(=O)[C@@H](NC(=O)C1(F)CC1)C(C)(C)C. The number of esters is 1. The number of aromatic nitrogens is 1. The Morgan fingerprint density at radius 3 is 2.60 bits per heavy atom. The average molecular weight is 647 g/mol. The van der Waals surface area contributed by atoms with Gasteiger partial charge in [0.05, 0.1) is 35.4 Å². The summed E-state index contributed by atoms with van der Waals surface area (Å²) < 4.78 is 25.5. The van der Waals surface area contributed by atoms with Gasteiger partial charge in [-0.1, -0.05) is 32.9 Å². The van der Waals surface area contributed by atoms with Gasteiger partial charge in [0.15, 0.2) is 5.67 Å². The molecule has 11 nitrogen and oxygen atoms in total. The molecule has 1 saturated heterocycles. The van der Waals surface area contributed by atoms with Gasteiger partial charge in [-0.05, 0) is 50.2 Å². The van der Waals surface area contributed by atoms with Crippen LogP contribution in [-0.2, 0) is 30.5 Å². The van der Waals surface area contributed by atoms with Crippen LogP contribution in [0.5, 0.6) is 5.75 Å².